The molecule has 0 spiro atoms. The van der Waals surface area contributed by atoms with Gasteiger partial charge in [-0.3, -0.25) is 4.79 Å². The molecule has 0 saturated carbocycles. The van der Waals surface area contributed by atoms with Crippen LogP contribution in [0.3, 0.4) is 0 Å². The quantitative estimate of drug-likeness (QED) is 0.878. The molecule has 5 heteroatoms. The fourth-order valence-corrected chi connectivity index (χ4v) is 2.71. The van der Waals surface area contributed by atoms with Crippen molar-refractivity contribution in [1.29, 1.82) is 0 Å². The molecule has 0 bridgehead atoms. The highest BCUT2D eigenvalue weighted by molar-refractivity contribution is 9.10. The van der Waals surface area contributed by atoms with Gasteiger partial charge in [-0.25, -0.2) is 4.98 Å². The number of amides is 1. The van der Waals surface area contributed by atoms with Crippen molar-refractivity contribution < 1.29 is 4.79 Å². The molecule has 0 aromatic carbocycles. The van der Waals surface area contributed by atoms with E-state index >= 15 is 0 Å². The Labute approximate surface area is 112 Å². The second-order valence-corrected chi connectivity index (χ2v) is 5.09. The van der Waals surface area contributed by atoms with Crippen LogP contribution in [0, 0.1) is 0 Å². The van der Waals surface area contributed by atoms with Crippen LogP contribution < -0.4 is 5.32 Å². The largest absolute Gasteiger partial charge is 0.319 e. The summed E-state index contributed by atoms with van der Waals surface area (Å²) in [6, 6.07) is 5.58. The maximum Gasteiger partial charge on any atom is 0.266 e. The highest BCUT2D eigenvalue weighted by Crippen LogP contribution is 2.22. The van der Waals surface area contributed by atoms with Crippen molar-refractivity contribution >= 4 is 38.9 Å². The number of hydrogen-bond donors (Lipinski definition) is 1. The fraction of sp³-hybridized carbons (Fsp3) is 0.167. The zero-order valence-corrected chi connectivity index (χ0v) is 11.6. The Morgan fingerprint density at radius 1 is 1.53 bits per heavy atom. The molecule has 17 heavy (non-hydrogen) atoms. The maximum absolute atomic E-state index is 12.1. The lowest BCUT2D eigenvalue weighted by molar-refractivity contribution is 0.102. The van der Waals surface area contributed by atoms with E-state index in [0.29, 0.717) is 10.3 Å². The average molecular weight is 311 g/mol. The van der Waals surface area contributed by atoms with Crippen molar-refractivity contribution in [2.45, 2.75) is 13.3 Å². The number of anilines is 1. The predicted molar refractivity (Wildman–Crippen MR) is 73.6 cm³/mol. The third-order valence-electron chi connectivity index (χ3n) is 2.34. The fourth-order valence-electron chi connectivity index (χ4n) is 1.47. The Balaban J connectivity index is 2.20. The third kappa shape index (κ3) is 2.73. The first-order chi connectivity index (χ1) is 8.22. The van der Waals surface area contributed by atoms with Crippen LogP contribution in [0.4, 0.5) is 5.69 Å². The van der Waals surface area contributed by atoms with E-state index in [9.17, 15) is 4.79 Å². The van der Waals surface area contributed by atoms with E-state index in [2.05, 4.69) is 26.2 Å². The Morgan fingerprint density at radius 2 is 2.35 bits per heavy atom. The van der Waals surface area contributed by atoms with Gasteiger partial charge in [-0.1, -0.05) is 6.92 Å². The molecular formula is C12H11BrN2OS. The minimum Gasteiger partial charge on any atom is -0.319 e. The number of thiophene rings is 1. The number of pyridine rings is 1. The van der Waals surface area contributed by atoms with Crippen molar-refractivity contribution in [2.24, 2.45) is 0 Å². The van der Waals surface area contributed by atoms with Crippen LogP contribution in [0.1, 0.15) is 22.2 Å². The second kappa shape index (κ2) is 5.42. The number of hydrogen-bond acceptors (Lipinski definition) is 3. The molecule has 0 unspecified atom stereocenters. The number of halogens is 1. The molecule has 88 valence electrons. The van der Waals surface area contributed by atoms with Gasteiger partial charge in [-0.2, -0.15) is 0 Å². The zero-order chi connectivity index (χ0) is 12.3. The van der Waals surface area contributed by atoms with Crippen LogP contribution in [0.5, 0.6) is 0 Å². The van der Waals surface area contributed by atoms with Gasteiger partial charge in [0.05, 0.1) is 10.6 Å². The standard InChI is InChI=1S/C12H11BrN2OS/c1-2-8-5-7-17-10(8)12(16)15-9-4-3-6-14-11(9)13/h3-7H,2H2,1H3,(H,15,16). The monoisotopic (exact) mass is 310 g/mol. The van der Waals surface area contributed by atoms with Crippen molar-refractivity contribution in [3.8, 4) is 0 Å². The lowest BCUT2D eigenvalue weighted by atomic mass is 10.2. The summed E-state index contributed by atoms with van der Waals surface area (Å²) in [5, 5.41) is 4.79. The lowest BCUT2D eigenvalue weighted by Crippen LogP contribution is -2.12. The van der Waals surface area contributed by atoms with E-state index in [-0.39, 0.29) is 5.91 Å². The van der Waals surface area contributed by atoms with Crippen LogP contribution in [0.25, 0.3) is 0 Å². The summed E-state index contributed by atoms with van der Waals surface area (Å²) in [4.78, 5) is 16.9. The summed E-state index contributed by atoms with van der Waals surface area (Å²) in [7, 11) is 0. The zero-order valence-electron chi connectivity index (χ0n) is 9.24. The SMILES string of the molecule is CCc1ccsc1C(=O)Nc1cccnc1Br. The lowest BCUT2D eigenvalue weighted by Gasteiger charge is -2.06. The summed E-state index contributed by atoms with van der Waals surface area (Å²) in [5.74, 6) is -0.0782. The molecule has 2 heterocycles. The van der Waals surface area contributed by atoms with Gasteiger partial charge >= 0.3 is 0 Å². The van der Waals surface area contributed by atoms with E-state index in [4.69, 9.17) is 0 Å². The summed E-state index contributed by atoms with van der Waals surface area (Å²) in [6.07, 6.45) is 2.53. The summed E-state index contributed by atoms with van der Waals surface area (Å²) in [5.41, 5.74) is 1.76. The van der Waals surface area contributed by atoms with Crippen LogP contribution >= 0.6 is 27.3 Å². The Hall–Kier alpha value is -1.20. The minimum atomic E-state index is -0.0782. The van der Waals surface area contributed by atoms with E-state index in [0.717, 1.165) is 16.9 Å². The summed E-state index contributed by atoms with van der Waals surface area (Å²) in [6.45, 7) is 2.04. The molecule has 2 aromatic rings. The van der Waals surface area contributed by atoms with E-state index in [1.165, 1.54) is 11.3 Å². The molecule has 3 nitrogen and oxygen atoms in total. The molecule has 2 aromatic heterocycles. The highest BCUT2D eigenvalue weighted by atomic mass is 79.9. The topological polar surface area (TPSA) is 42.0 Å². The maximum atomic E-state index is 12.1. The molecule has 0 fully saturated rings. The first-order valence-electron chi connectivity index (χ1n) is 5.20. The first-order valence-corrected chi connectivity index (χ1v) is 6.88. The normalized spacial score (nSPS) is 10.2. The first kappa shape index (κ1) is 12.3. The smallest absolute Gasteiger partial charge is 0.266 e. The number of nitrogens with one attached hydrogen (secondary N) is 1. The highest BCUT2D eigenvalue weighted by Gasteiger charge is 2.13. The van der Waals surface area contributed by atoms with E-state index in [1.807, 2.05) is 24.4 Å². The van der Waals surface area contributed by atoms with E-state index in [1.54, 1.807) is 12.3 Å². The van der Waals surface area contributed by atoms with Gasteiger partial charge in [0, 0.05) is 6.20 Å². The number of carbonyl (C=O) groups is 1. The van der Waals surface area contributed by atoms with Gasteiger partial charge in [-0.15, -0.1) is 11.3 Å². The van der Waals surface area contributed by atoms with Crippen LogP contribution in [-0.2, 0) is 6.42 Å². The van der Waals surface area contributed by atoms with Crippen molar-refractivity contribution in [1.82, 2.24) is 4.98 Å². The molecule has 0 radical (unpaired) electrons. The number of aryl methyl sites for hydroxylation is 1. The number of carbonyl (C=O) groups excluding carboxylic acids is 1. The van der Waals surface area contributed by atoms with Gasteiger partial charge in [-0.05, 0) is 51.5 Å². The number of aromatic nitrogens is 1. The van der Waals surface area contributed by atoms with E-state index < -0.39 is 0 Å². The van der Waals surface area contributed by atoms with Gasteiger partial charge < -0.3 is 5.32 Å². The van der Waals surface area contributed by atoms with Crippen molar-refractivity contribution in [3.63, 3.8) is 0 Å². The van der Waals surface area contributed by atoms with Crippen LogP contribution in [0.2, 0.25) is 0 Å². The molecule has 1 N–H and O–H groups in total. The summed E-state index contributed by atoms with van der Waals surface area (Å²) < 4.78 is 0.642. The molecular weight excluding hydrogens is 300 g/mol. The third-order valence-corrected chi connectivity index (χ3v) is 3.93. The minimum absolute atomic E-state index is 0.0782. The summed E-state index contributed by atoms with van der Waals surface area (Å²) >= 11 is 4.76. The van der Waals surface area contributed by atoms with Gasteiger partial charge in [0.2, 0.25) is 0 Å². The molecule has 2 rings (SSSR count). The van der Waals surface area contributed by atoms with Crippen LogP contribution in [-0.4, -0.2) is 10.9 Å². The van der Waals surface area contributed by atoms with Crippen molar-refractivity contribution in [2.75, 3.05) is 5.32 Å². The molecule has 0 aliphatic carbocycles. The molecule has 0 saturated heterocycles. The van der Waals surface area contributed by atoms with Gasteiger partial charge in [0.15, 0.2) is 0 Å². The predicted octanol–water partition coefficient (Wildman–Crippen LogP) is 3.72. The molecule has 0 atom stereocenters. The Bertz CT molecular complexity index is 539. The number of rotatable bonds is 3. The molecule has 1 amide bonds. The Morgan fingerprint density at radius 3 is 3.06 bits per heavy atom. The van der Waals surface area contributed by atoms with Crippen LogP contribution in [0.15, 0.2) is 34.4 Å². The Kier molecular flexibility index (Phi) is 3.91. The van der Waals surface area contributed by atoms with Crippen molar-refractivity contribution in [3.05, 3.63) is 44.8 Å². The molecule has 0 aliphatic rings. The van der Waals surface area contributed by atoms with Gasteiger partial charge in [0.25, 0.3) is 5.91 Å². The number of nitrogens with zero attached hydrogens (tertiary/aromatic N) is 1. The second-order valence-electron chi connectivity index (χ2n) is 3.42. The molecule has 0 aliphatic heterocycles. The van der Waals surface area contributed by atoms with Gasteiger partial charge in [0.1, 0.15) is 4.60 Å². The average Bonchev–Trinajstić information content (AvgIpc) is 2.80.